The van der Waals surface area contributed by atoms with Crippen molar-refractivity contribution in [2.75, 3.05) is 5.32 Å². The minimum Gasteiger partial charge on any atom is -0.325 e. The number of nitrogens with one attached hydrogen (secondary N) is 1. The van der Waals surface area contributed by atoms with Gasteiger partial charge in [0.05, 0.1) is 5.25 Å². The van der Waals surface area contributed by atoms with Gasteiger partial charge in [-0.3, -0.25) is 4.79 Å². The van der Waals surface area contributed by atoms with E-state index in [2.05, 4.69) is 15.5 Å². The van der Waals surface area contributed by atoms with Crippen LogP contribution in [0.25, 0.3) is 11.4 Å². The zero-order valence-corrected chi connectivity index (χ0v) is 16.4. The van der Waals surface area contributed by atoms with Gasteiger partial charge in [0, 0.05) is 22.8 Å². The first-order valence-electron chi connectivity index (χ1n) is 8.40. The molecule has 0 spiro atoms. The molecule has 1 heterocycles. The Balaban J connectivity index is 1.75. The van der Waals surface area contributed by atoms with Gasteiger partial charge in [-0.1, -0.05) is 29.4 Å². The van der Waals surface area contributed by atoms with E-state index in [4.69, 9.17) is 11.6 Å². The Labute approximate surface area is 166 Å². The Morgan fingerprint density at radius 1 is 1.26 bits per heavy atom. The molecule has 0 fully saturated rings. The summed E-state index contributed by atoms with van der Waals surface area (Å²) in [5.74, 6) is 0.0881. The van der Waals surface area contributed by atoms with Crippen molar-refractivity contribution in [2.45, 2.75) is 30.8 Å². The van der Waals surface area contributed by atoms with Crippen LogP contribution in [0.1, 0.15) is 13.8 Å². The number of benzene rings is 2. The molecule has 5 nitrogen and oxygen atoms in total. The average molecular weight is 405 g/mol. The van der Waals surface area contributed by atoms with Crippen LogP contribution < -0.4 is 5.32 Å². The Kier molecular flexibility index (Phi) is 6.13. The van der Waals surface area contributed by atoms with E-state index in [0.717, 1.165) is 11.4 Å². The predicted octanol–water partition coefficient (Wildman–Crippen LogP) is 4.88. The van der Waals surface area contributed by atoms with Gasteiger partial charge in [-0.05, 0) is 56.3 Å². The number of amides is 1. The summed E-state index contributed by atoms with van der Waals surface area (Å²) in [6, 6.07) is 13.2. The van der Waals surface area contributed by atoms with Crippen molar-refractivity contribution in [3.8, 4) is 11.4 Å². The number of rotatable bonds is 6. The monoisotopic (exact) mass is 404 g/mol. The Morgan fingerprint density at radius 3 is 2.67 bits per heavy atom. The molecule has 1 N–H and O–H groups in total. The van der Waals surface area contributed by atoms with Crippen LogP contribution in [0.5, 0.6) is 0 Å². The van der Waals surface area contributed by atoms with Crippen molar-refractivity contribution in [1.29, 1.82) is 0 Å². The SMILES string of the molecule is CCn1c(SC(C)C(=O)Nc2cccc(F)c2)nnc1-c1ccc(Cl)cc1. The number of hydrogen-bond acceptors (Lipinski definition) is 4. The van der Waals surface area contributed by atoms with Gasteiger partial charge in [-0.2, -0.15) is 0 Å². The number of carbonyl (C=O) groups is 1. The van der Waals surface area contributed by atoms with Crippen molar-refractivity contribution >= 4 is 35.0 Å². The molecule has 3 rings (SSSR count). The summed E-state index contributed by atoms with van der Waals surface area (Å²) in [5.41, 5.74) is 1.32. The molecular formula is C19H18ClFN4OS. The van der Waals surface area contributed by atoms with Crippen LogP contribution in [0.3, 0.4) is 0 Å². The van der Waals surface area contributed by atoms with Crippen LogP contribution in [-0.2, 0) is 11.3 Å². The molecule has 27 heavy (non-hydrogen) atoms. The van der Waals surface area contributed by atoms with Crippen molar-refractivity contribution in [1.82, 2.24) is 14.8 Å². The van der Waals surface area contributed by atoms with E-state index in [0.29, 0.717) is 22.4 Å². The number of aromatic nitrogens is 3. The van der Waals surface area contributed by atoms with Crippen molar-refractivity contribution < 1.29 is 9.18 Å². The van der Waals surface area contributed by atoms with Gasteiger partial charge in [0.1, 0.15) is 5.82 Å². The number of nitrogens with zero attached hydrogens (tertiary/aromatic N) is 3. The molecule has 0 saturated carbocycles. The summed E-state index contributed by atoms with van der Waals surface area (Å²) in [6.07, 6.45) is 0. The lowest BCUT2D eigenvalue weighted by atomic mass is 10.2. The highest BCUT2D eigenvalue weighted by Gasteiger charge is 2.20. The smallest absolute Gasteiger partial charge is 0.237 e. The molecule has 1 atom stereocenters. The lowest BCUT2D eigenvalue weighted by molar-refractivity contribution is -0.115. The molecule has 0 aliphatic heterocycles. The molecule has 1 aromatic heterocycles. The minimum absolute atomic E-state index is 0.232. The van der Waals surface area contributed by atoms with E-state index in [1.807, 2.05) is 23.6 Å². The third-order valence-corrected chi connectivity index (χ3v) is 5.21. The van der Waals surface area contributed by atoms with E-state index >= 15 is 0 Å². The fourth-order valence-electron chi connectivity index (χ4n) is 2.50. The van der Waals surface area contributed by atoms with E-state index in [1.165, 1.54) is 23.9 Å². The maximum Gasteiger partial charge on any atom is 0.237 e. The number of anilines is 1. The van der Waals surface area contributed by atoms with Crippen LogP contribution in [0.15, 0.2) is 53.7 Å². The van der Waals surface area contributed by atoms with Gasteiger partial charge in [-0.25, -0.2) is 4.39 Å². The highest BCUT2D eigenvalue weighted by atomic mass is 35.5. The van der Waals surface area contributed by atoms with Gasteiger partial charge in [0.2, 0.25) is 5.91 Å². The third-order valence-electron chi connectivity index (χ3n) is 3.88. The highest BCUT2D eigenvalue weighted by Crippen LogP contribution is 2.28. The van der Waals surface area contributed by atoms with Crippen molar-refractivity contribution in [2.24, 2.45) is 0 Å². The zero-order valence-electron chi connectivity index (χ0n) is 14.8. The molecule has 0 aliphatic carbocycles. The zero-order chi connectivity index (χ0) is 19.4. The third kappa shape index (κ3) is 4.67. The fraction of sp³-hybridized carbons (Fsp3) is 0.211. The van der Waals surface area contributed by atoms with E-state index in [1.54, 1.807) is 31.2 Å². The number of thioether (sulfide) groups is 1. The van der Waals surface area contributed by atoms with Crippen LogP contribution in [-0.4, -0.2) is 25.9 Å². The van der Waals surface area contributed by atoms with Gasteiger partial charge in [-0.15, -0.1) is 10.2 Å². The number of halogens is 2. The maximum absolute atomic E-state index is 13.3. The highest BCUT2D eigenvalue weighted by molar-refractivity contribution is 8.00. The molecule has 0 radical (unpaired) electrons. The summed E-state index contributed by atoms with van der Waals surface area (Å²) in [6.45, 7) is 4.42. The Hall–Kier alpha value is -2.38. The van der Waals surface area contributed by atoms with Crippen LogP contribution in [0.2, 0.25) is 5.02 Å². The molecule has 1 unspecified atom stereocenters. The molecule has 8 heteroatoms. The van der Waals surface area contributed by atoms with Gasteiger partial charge < -0.3 is 9.88 Å². The molecule has 0 aliphatic rings. The molecule has 2 aromatic carbocycles. The average Bonchev–Trinajstić information content (AvgIpc) is 3.04. The van der Waals surface area contributed by atoms with E-state index in [9.17, 15) is 9.18 Å². The van der Waals surface area contributed by atoms with Gasteiger partial charge in [0.15, 0.2) is 11.0 Å². The standard InChI is InChI=1S/C19H18ClFN4OS/c1-3-25-17(13-7-9-14(20)10-8-13)23-24-19(25)27-12(2)18(26)22-16-6-4-5-15(21)11-16/h4-12H,3H2,1-2H3,(H,22,26). The van der Waals surface area contributed by atoms with Crippen LogP contribution >= 0.6 is 23.4 Å². The first-order chi connectivity index (χ1) is 13.0. The Morgan fingerprint density at radius 2 is 2.00 bits per heavy atom. The van der Waals surface area contributed by atoms with Gasteiger partial charge in [0.25, 0.3) is 0 Å². The molecular weight excluding hydrogens is 387 g/mol. The largest absolute Gasteiger partial charge is 0.325 e. The number of carbonyl (C=O) groups excluding carboxylic acids is 1. The topological polar surface area (TPSA) is 59.8 Å². The molecule has 0 saturated heterocycles. The second kappa shape index (κ2) is 8.54. The predicted molar refractivity (Wildman–Crippen MR) is 106 cm³/mol. The molecule has 1 amide bonds. The van der Waals surface area contributed by atoms with E-state index in [-0.39, 0.29) is 5.91 Å². The van der Waals surface area contributed by atoms with Crippen LogP contribution in [0, 0.1) is 5.82 Å². The lowest BCUT2D eigenvalue weighted by Crippen LogP contribution is -2.23. The number of hydrogen-bond donors (Lipinski definition) is 1. The normalized spacial score (nSPS) is 12.0. The summed E-state index contributed by atoms with van der Waals surface area (Å²) < 4.78 is 15.2. The van der Waals surface area contributed by atoms with E-state index < -0.39 is 11.1 Å². The second-order valence-electron chi connectivity index (χ2n) is 5.82. The summed E-state index contributed by atoms with van der Waals surface area (Å²) >= 11 is 7.25. The summed E-state index contributed by atoms with van der Waals surface area (Å²) in [5, 5.41) is 12.1. The Bertz CT molecular complexity index is 945. The first-order valence-corrected chi connectivity index (χ1v) is 9.66. The van der Waals surface area contributed by atoms with Crippen LogP contribution in [0.4, 0.5) is 10.1 Å². The van der Waals surface area contributed by atoms with Crippen molar-refractivity contribution in [3.05, 3.63) is 59.4 Å². The fourth-order valence-corrected chi connectivity index (χ4v) is 3.53. The molecule has 140 valence electrons. The first kappa shape index (κ1) is 19.4. The maximum atomic E-state index is 13.3. The quantitative estimate of drug-likeness (QED) is 0.595. The molecule has 0 bridgehead atoms. The lowest BCUT2D eigenvalue weighted by Gasteiger charge is -2.13. The van der Waals surface area contributed by atoms with Gasteiger partial charge >= 0.3 is 0 Å². The second-order valence-corrected chi connectivity index (χ2v) is 7.56. The van der Waals surface area contributed by atoms with Crippen molar-refractivity contribution in [3.63, 3.8) is 0 Å². The summed E-state index contributed by atoms with van der Waals surface area (Å²) in [7, 11) is 0. The summed E-state index contributed by atoms with van der Waals surface area (Å²) in [4.78, 5) is 12.4. The molecule has 3 aromatic rings. The minimum atomic E-state index is -0.430.